The molecule has 2 unspecified atom stereocenters. The lowest BCUT2D eigenvalue weighted by Gasteiger charge is -2.30. The highest BCUT2D eigenvalue weighted by Crippen LogP contribution is 2.26. The zero-order chi connectivity index (χ0) is 15.7. The normalized spacial score (nSPS) is 21.0. The molecule has 0 spiro atoms. The average Bonchev–Trinajstić information content (AvgIpc) is 2.91. The van der Waals surface area contributed by atoms with Crippen LogP contribution in [0.5, 0.6) is 0 Å². The molecule has 1 fully saturated rings. The molecule has 1 saturated carbocycles. The Labute approximate surface area is 143 Å². The van der Waals surface area contributed by atoms with Crippen molar-refractivity contribution in [1.29, 1.82) is 0 Å². The molecule has 5 heteroatoms. The number of carbonyl (C=O) groups excluding carboxylic acids is 1. The van der Waals surface area contributed by atoms with E-state index in [1.807, 2.05) is 19.1 Å². The minimum Gasteiger partial charge on any atom is -0.451 e. The van der Waals surface area contributed by atoms with Gasteiger partial charge in [0.05, 0.1) is 0 Å². The van der Waals surface area contributed by atoms with Crippen molar-refractivity contribution in [3.63, 3.8) is 0 Å². The molecule has 1 aromatic heterocycles. The van der Waals surface area contributed by atoms with E-state index in [1.165, 1.54) is 17.5 Å². The van der Waals surface area contributed by atoms with E-state index in [1.54, 1.807) is 0 Å². The number of amides is 1. The molecule has 0 radical (unpaired) electrons. The van der Waals surface area contributed by atoms with Gasteiger partial charge in [0.2, 0.25) is 0 Å². The van der Waals surface area contributed by atoms with Gasteiger partial charge in [-0.3, -0.25) is 4.79 Å². The van der Waals surface area contributed by atoms with Crippen LogP contribution in [0.25, 0.3) is 11.0 Å². The second-order valence-electron chi connectivity index (χ2n) is 6.45. The predicted octanol–water partition coefficient (Wildman–Crippen LogP) is 3.72. The van der Waals surface area contributed by atoms with E-state index in [4.69, 9.17) is 10.2 Å². The number of furan rings is 1. The molecular formula is C18H25ClN2O2. The third-order valence-electron chi connectivity index (χ3n) is 4.88. The highest BCUT2D eigenvalue weighted by atomic mass is 35.5. The second kappa shape index (κ2) is 7.37. The molecule has 3 rings (SSSR count). The molecule has 1 aliphatic carbocycles. The topological polar surface area (TPSA) is 68.3 Å². The molecule has 3 N–H and O–H groups in total. The van der Waals surface area contributed by atoms with E-state index in [-0.39, 0.29) is 24.4 Å². The summed E-state index contributed by atoms with van der Waals surface area (Å²) in [5.74, 6) is 0.643. The van der Waals surface area contributed by atoms with Gasteiger partial charge < -0.3 is 15.5 Å². The third kappa shape index (κ3) is 3.70. The summed E-state index contributed by atoms with van der Waals surface area (Å²) in [5.41, 5.74) is 8.97. The van der Waals surface area contributed by atoms with Crippen LogP contribution in [0.3, 0.4) is 0 Å². The lowest BCUT2D eigenvalue weighted by Crippen LogP contribution is -2.44. The molecule has 2 atom stereocenters. The molecule has 2 aromatic rings. The summed E-state index contributed by atoms with van der Waals surface area (Å²) >= 11 is 0. The minimum atomic E-state index is -0.128. The zero-order valence-corrected chi connectivity index (χ0v) is 14.5. The minimum absolute atomic E-state index is 0. The first kappa shape index (κ1) is 17.8. The van der Waals surface area contributed by atoms with Crippen LogP contribution >= 0.6 is 12.4 Å². The molecule has 1 aromatic carbocycles. The number of nitrogens with two attached hydrogens (primary N) is 1. The smallest absolute Gasteiger partial charge is 0.287 e. The zero-order valence-electron chi connectivity index (χ0n) is 13.7. The average molecular weight is 337 g/mol. The van der Waals surface area contributed by atoms with Crippen LogP contribution < -0.4 is 11.1 Å². The second-order valence-corrected chi connectivity index (χ2v) is 6.45. The summed E-state index contributed by atoms with van der Waals surface area (Å²) in [6.07, 6.45) is 4.46. The first-order valence-electron chi connectivity index (χ1n) is 8.10. The molecule has 0 saturated heterocycles. The summed E-state index contributed by atoms with van der Waals surface area (Å²) in [5, 5.41) is 4.09. The fraction of sp³-hybridized carbons (Fsp3) is 0.500. The molecule has 126 valence electrons. The van der Waals surface area contributed by atoms with Crippen molar-refractivity contribution in [3.8, 4) is 0 Å². The van der Waals surface area contributed by atoms with E-state index < -0.39 is 0 Å². The molecular weight excluding hydrogens is 312 g/mol. The molecule has 1 heterocycles. The van der Waals surface area contributed by atoms with Crippen molar-refractivity contribution < 1.29 is 9.21 Å². The number of rotatable bonds is 3. The Kier molecular flexibility index (Phi) is 5.71. The standard InChI is InChI=1S/C18H24N2O2.ClH/c1-11-7-14-9-17(22-16(14)8-12(11)2)18(21)20-15-6-4-3-5-13(15)10-19;/h7-9,13,15H,3-6,10,19H2,1-2H3,(H,20,21);1H. The molecule has 0 bridgehead atoms. The lowest BCUT2D eigenvalue weighted by atomic mass is 9.84. The Morgan fingerprint density at radius 1 is 1.22 bits per heavy atom. The highest BCUT2D eigenvalue weighted by molar-refractivity contribution is 5.96. The number of hydrogen-bond donors (Lipinski definition) is 2. The van der Waals surface area contributed by atoms with Crippen molar-refractivity contribution in [2.45, 2.75) is 45.6 Å². The third-order valence-corrected chi connectivity index (χ3v) is 4.88. The maximum Gasteiger partial charge on any atom is 0.287 e. The maximum atomic E-state index is 12.5. The quantitative estimate of drug-likeness (QED) is 0.897. The summed E-state index contributed by atoms with van der Waals surface area (Å²) < 4.78 is 5.73. The molecule has 1 amide bonds. The van der Waals surface area contributed by atoms with Crippen LogP contribution in [0.2, 0.25) is 0 Å². The Morgan fingerprint density at radius 2 is 1.91 bits per heavy atom. The maximum absolute atomic E-state index is 12.5. The highest BCUT2D eigenvalue weighted by Gasteiger charge is 2.26. The monoisotopic (exact) mass is 336 g/mol. The van der Waals surface area contributed by atoms with Gasteiger partial charge in [0.15, 0.2) is 5.76 Å². The fourth-order valence-electron chi connectivity index (χ4n) is 3.33. The van der Waals surface area contributed by atoms with Crippen molar-refractivity contribution in [3.05, 3.63) is 35.1 Å². The summed E-state index contributed by atoms with van der Waals surface area (Å²) in [6, 6.07) is 6.05. The van der Waals surface area contributed by atoms with Crippen LogP contribution in [0.15, 0.2) is 22.6 Å². The van der Waals surface area contributed by atoms with E-state index in [9.17, 15) is 4.79 Å². The molecule has 23 heavy (non-hydrogen) atoms. The Balaban J connectivity index is 0.00000192. The van der Waals surface area contributed by atoms with Crippen LogP contribution in [0.4, 0.5) is 0 Å². The van der Waals surface area contributed by atoms with E-state index in [0.717, 1.165) is 30.2 Å². The van der Waals surface area contributed by atoms with E-state index in [0.29, 0.717) is 18.2 Å². The number of fused-ring (bicyclic) bond motifs is 1. The Morgan fingerprint density at radius 3 is 2.65 bits per heavy atom. The number of carbonyl (C=O) groups is 1. The summed E-state index contributed by atoms with van der Waals surface area (Å²) in [7, 11) is 0. The Hall–Kier alpha value is -1.52. The number of aryl methyl sites for hydroxylation is 2. The SMILES string of the molecule is Cc1cc2cc(C(=O)NC3CCCCC3CN)oc2cc1C.Cl. The van der Waals surface area contributed by atoms with E-state index >= 15 is 0 Å². The molecule has 1 aliphatic rings. The van der Waals surface area contributed by atoms with Gasteiger partial charge in [0.25, 0.3) is 5.91 Å². The predicted molar refractivity (Wildman–Crippen MR) is 95.2 cm³/mol. The van der Waals surface area contributed by atoms with Gasteiger partial charge >= 0.3 is 0 Å². The van der Waals surface area contributed by atoms with Gasteiger partial charge in [-0.05, 0) is 68.5 Å². The van der Waals surface area contributed by atoms with Gasteiger partial charge in [-0.25, -0.2) is 0 Å². The molecule has 4 nitrogen and oxygen atoms in total. The van der Waals surface area contributed by atoms with Crippen LogP contribution in [-0.4, -0.2) is 18.5 Å². The molecule has 0 aliphatic heterocycles. The number of halogens is 1. The van der Waals surface area contributed by atoms with Gasteiger partial charge in [0.1, 0.15) is 5.58 Å². The van der Waals surface area contributed by atoms with Crippen LogP contribution in [-0.2, 0) is 0 Å². The van der Waals surface area contributed by atoms with Gasteiger partial charge in [0, 0.05) is 11.4 Å². The van der Waals surface area contributed by atoms with Gasteiger partial charge in [-0.2, -0.15) is 0 Å². The van der Waals surface area contributed by atoms with Gasteiger partial charge in [-0.15, -0.1) is 12.4 Å². The van der Waals surface area contributed by atoms with Crippen molar-refractivity contribution in [1.82, 2.24) is 5.32 Å². The largest absolute Gasteiger partial charge is 0.451 e. The van der Waals surface area contributed by atoms with Crippen molar-refractivity contribution in [2.75, 3.05) is 6.54 Å². The van der Waals surface area contributed by atoms with Gasteiger partial charge in [-0.1, -0.05) is 12.8 Å². The van der Waals surface area contributed by atoms with Crippen molar-refractivity contribution >= 4 is 29.3 Å². The summed E-state index contributed by atoms with van der Waals surface area (Å²) in [6.45, 7) is 4.74. The fourth-order valence-corrected chi connectivity index (χ4v) is 3.33. The number of benzene rings is 1. The summed E-state index contributed by atoms with van der Waals surface area (Å²) in [4.78, 5) is 12.5. The Bertz CT molecular complexity index is 657. The van der Waals surface area contributed by atoms with Crippen LogP contribution in [0.1, 0.15) is 47.4 Å². The number of nitrogens with one attached hydrogen (secondary N) is 1. The first-order valence-corrected chi connectivity index (χ1v) is 8.10. The first-order chi connectivity index (χ1) is 10.6. The number of hydrogen-bond acceptors (Lipinski definition) is 3. The lowest BCUT2D eigenvalue weighted by molar-refractivity contribution is 0.0882. The van der Waals surface area contributed by atoms with Crippen LogP contribution in [0, 0.1) is 19.8 Å². The van der Waals surface area contributed by atoms with Crippen molar-refractivity contribution in [2.24, 2.45) is 11.7 Å². The van der Waals surface area contributed by atoms with E-state index in [2.05, 4.69) is 18.3 Å².